The van der Waals surface area contributed by atoms with E-state index in [4.69, 9.17) is 9.72 Å². The lowest BCUT2D eigenvalue weighted by atomic mass is 10.0. The number of carbonyl (C=O) groups excluding carboxylic acids is 2. The lowest BCUT2D eigenvalue weighted by molar-refractivity contribution is -0.133. The Hall–Kier alpha value is -2.22. The van der Waals surface area contributed by atoms with Crippen LogP contribution in [0.3, 0.4) is 0 Å². The lowest BCUT2D eigenvalue weighted by Crippen LogP contribution is -2.40. The van der Waals surface area contributed by atoms with Gasteiger partial charge in [-0.05, 0) is 25.7 Å². The number of H-pyrrole nitrogens is 1. The molecule has 0 unspecified atom stereocenters. The number of hydrogen-bond donors (Lipinski definition) is 1. The highest BCUT2D eigenvalue weighted by atomic mass is 16.5. The molecule has 1 saturated heterocycles. The van der Waals surface area contributed by atoms with Crippen LogP contribution in [0.2, 0.25) is 0 Å². The van der Waals surface area contributed by atoms with Gasteiger partial charge >= 0.3 is 0 Å². The van der Waals surface area contributed by atoms with Crippen LogP contribution in [0.5, 0.6) is 0 Å². The van der Waals surface area contributed by atoms with Crippen molar-refractivity contribution in [1.29, 1.82) is 0 Å². The summed E-state index contributed by atoms with van der Waals surface area (Å²) in [6.07, 6.45) is 3.67. The van der Waals surface area contributed by atoms with Gasteiger partial charge < -0.3 is 19.5 Å². The van der Waals surface area contributed by atoms with Gasteiger partial charge in [0.15, 0.2) is 0 Å². The molecule has 1 saturated carbocycles. The summed E-state index contributed by atoms with van der Waals surface area (Å²) in [4.78, 5) is 48.4. The summed E-state index contributed by atoms with van der Waals surface area (Å²) >= 11 is 0. The predicted octanol–water partition coefficient (Wildman–Crippen LogP) is 0.417. The summed E-state index contributed by atoms with van der Waals surface area (Å²) in [6.45, 7) is 2.66. The lowest BCUT2D eigenvalue weighted by Gasteiger charge is -2.28. The normalized spacial score (nSPS) is 22.0. The Kier molecular flexibility index (Phi) is 4.99. The summed E-state index contributed by atoms with van der Waals surface area (Å²) in [5, 5.41) is 0. The molecule has 1 atom stereocenters. The molecule has 146 valence electrons. The number of amides is 2. The number of fused-ring (bicyclic) bond motifs is 1. The molecule has 8 nitrogen and oxygen atoms in total. The van der Waals surface area contributed by atoms with Crippen molar-refractivity contribution in [2.45, 2.75) is 44.6 Å². The van der Waals surface area contributed by atoms with E-state index in [0.717, 1.165) is 25.0 Å². The van der Waals surface area contributed by atoms with Crippen molar-refractivity contribution in [2.75, 3.05) is 33.4 Å². The van der Waals surface area contributed by atoms with Crippen molar-refractivity contribution in [3.63, 3.8) is 0 Å². The number of methoxy groups -OCH3 is 1. The molecule has 2 fully saturated rings. The fraction of sp³-hybridized carbons (Fsp3) is 0.684. The second-order valence-electron chi connectivity index (χ2n) is 7.73. The maximum Gasteiger partial charge on any atom is 0.254 e. The van der Waals surface area contributed by atoms with Crippen LogP contribution in [-0.4, -0.2) is 64.9 Å². The van der Waals surface area contributed by atoms with Gasteiger partial charge in [-0.3, -0.25) is 14.4 Å². The molecule has 3 heterocycles. The molecule has 0 radical (unpaired) electrons. The predicted molar refractivity (Wildman–Crippen MR) is 97.1 cm³/mol. The molecule has 4 rings (SSSR count). The number of rotatable bonds is 5. The zero-order chi connectivity index (χ0) is 19.0. The van der Waals surface area contributed by atoms with Crippen LogP contribution in [-0.2, 0) is 27.3 Å². The topological polar surface area (TPSA) is 95.6 Å². The van der Waals surface area contributed by atoms with Crippen LogP contribution in [0.15, 0.2) is 4.79 Å². The van der Waals surface area contributed by atoms with Gasteiger partial charge in [0.1, 0.15) is 5.82 Å². The van der Waals surface area contributed by atoms with Crippen LogP contribution in [0.4, 0.5) is 0 Å². The third kappa shape index (κ3) is 3.76. The Labute approximate surface area is 157 Å². The minimum Gasteiger partial charge on any atom is -0.384 e. The molecule has 3 aliphatic rings. The molecule has 1 aromatic heterocycles. The van der Waals surface area contributed by atoms with Crippen LogP contribution in [0, 0.1) is 5.92 Å². The second-order valence-corrected chi connectivity index (χ2v) is 7.73. The summed E-state index contributed by atoms with van der Waals surface area (Å²) in [7, 11) is 1.58. The summed E-state index contributed by atoms with van der Waals surface area (Å²) in [6, 6.07) is 0. The fourth-order valence-electron chi connectivity index (χ4n) is 3.99. The molecular formula is C19H26N4O4. The number of likely N-dealkylation sites (tertiary alicyclic amines) is 1. The molecule has 8 heteroatoms. The van der Waals surface area contributed by atoms with Gasteiger partial charge in [0.05, 0.1) is 25.3 Å². The maximum absolute atomic E-state index is 12.5. The minimum absolute atomic E-state index is 0.0315. The van der Waals surface area contributed by atoms with Crippen LogP contribution in [0.25, 0.3) is 0 Å². The van der Waals surface area contributed by atoms with Crippen molar-refractivity contribution < 1.29 is 14.3 Å². The molecule has 1 N–H and O–H groups in total. The monoisotopic (exact) mass is 374 g/mol. The van der Waals surface area contributed by atoms with E-state index in [-0.39, 0.29) is 29.2 Å². The smallest absolute Gasteiger partial charge is 0.254 e. The quantitative estimate of drug-likeness (QED) is 0.806. The fourth-order valence-corrected chi connectivity index (χ4v) is 3.99. The van der Waals surface area contributed by atoms with Crippen molar-refractivity contribution in [2.24, 2.45) is 5.92 Å². The zero-order valence-electron chi connectivity index (χ0n) is 15.7. The van der Waals surface area contributed by atoms with E-state index in [1.807, 2.05) is 9.80 Å². The van der Waals surface area contributed by atoms with E-state index in [9.17, 15) is 14.4 Å². The average molecular weight is 374 g/mol. The summed E-state index contributed by atoms with van der Waals surface area (Å²) in [5.41, 5.74) is 1.32. The van der Waals surface area contributed by atoms with Gasteiger partial charge in [0.25, 0.3) is 5.56 Å². The Bertz CT molecular complexity index is 801. The highest BCUT2D eigenvalue weighted by Gasteiger charge is 2.36. The highest BCUT2D eigenvalue weighted by molar-refractivity contribution is 5.81. The molecular weight excluding hydrogens is 348 g/mol. The Balaban J connectivity index is 1.48. The van der Waals surface area contributed by atoms with Crippen molar-refractivity contribution in [1.82, 2.24) is 19.8 Å². The third-order valence-electron chi connectivity index (χ3n) is 5.78. The Morgan fingerprint density at radius 3 is 2.78 bits per heavy atom. The standard InChI is InChI=1S/C19H26N4O4/c1-27-9-6-16(24)22-7-4-13(10-22)17-20-15-11-23(19(26)12-2-3-12)8-5-14(15)18(25)21-17/h12-13H,2-11H2,1H3,(H,20,21,25)/t13-/m0/s1. The van der Waals surface area contributed by atoms with E-state index in [2.05, 4.69) is 4.98 Å². The Morgan fingerprint density at radius 2 is 2.04 bits per heavy atom. The van der Waals surface area contributed by atoms with E-state index < -0.39 is 0 Å². The largest absolute Gasteiger partial charge is 0.384 e. The van der Waals surface area contributed by atoms with Crippen molar-refractivity contribution in [3.05, 3.63) is 27.4 Å². The summed E-state index contributed by atoms with van der Waals surface area (Å²) in [5.74, 6) is 1.11. The van der Waals surface area contributed by atoms with Gasteiger partial charge in [-0.1, -0.05) is 0 Å². The van der Waals surface area contributed by atoms with Gasteiger partial charge in [0, 0.05) is 44.1 Å². The van der Waals surface area contributed by atoms with Crippen molar-refractivity contribution >= 4 is 11.8 Å². The third-order valence-corrected chi connectivity index (χ3v) is 5.78. The van der Waals surface area contributed by atoms with E-state index in [0.29, 0.717) is 57.0 Å². The average Bonchev–Trinajstić information content (AvgIpc) is 3.41. The number of hydrogen-bond acceptors (Lipinski definition) is 5. The van der Waals surface area contributed by atoms with Crippen LogP contribution in [0.1, 0.15) is 48.7 Å². The molecule has 1 aliphatic carbocycles. The maximum atomic E-state index is 12.5. The zero-order valence-corrected chi connectivity index (χ0v) is 15.7. The minimum atomic E-state index is -0.0994. The second kappa shape index (κ2) is 7.42. The molecule has 0 bridgehead atoms. The Morgan fingerprint density at radius 1 is 1.22 bits per heavy atom. The number of ether oxygens (including phenoxy) is 1. The summed E-state index contributed by atoms with van der Waals surface area (Å²) < 4.78 is 4.97. The number of aromatic amines is 1. The van der Waals surface area contributed by atoms with Gasteiger partial charge in [-0.25, -0.2) is 4.98 Å². The van der Waals surface area contributed by atoms with Crippen LogP contribution < -0.4 is 5.56 Å². The van der Waals surface area contributed by atoms with E-state index in [1.54, 1.807) is 7.11 Å². The first-order valence-corrected chi connectivity index (χ1v) is 9.74. The molecule has 0 spiro atoms. The number of nitrogens with one attached hydrogen (secondary N) is 1. The first-order valence-electron chi connectivity index (χ1n) is 9.74. The molecule has 1 aromatic rings. The van der Waals surface area contributed by atoms with Gasteiger partial charge in [-0.15, -0.1) is 0 Å². The highest BCUT2D eigenvalue weighted by Crippen LogP contribution is 2.32. The number of nitrogens with zero attached hydrogens (tertiary/aromatic N) is 3. The van der Waals surface area contributed by atoms with Crippen LogP contribution >= 0.6 is 0 Å². The van der Waals surface area contributed by atoms with E-state index in [1.165, 1.54) is 0 Å². The van der Waals surface area contributed by atoms with Gasteiger partial charge in [-0.2, -0.15) is 0 Å². The number of aromatic nitrogens is 2. The van der Waals surface area contributed by atoms with Gasteiger partial charge in [0.2, 0.25) is 11.8 Å². The molecule has 0 aromatic carbocycles. The molecule has 2 amide bonds. The molecule has 2 aliphatic heterocycles. The number of carbonyl (C=O) groups is 2. The van der Waals surface area contributed by atoms with Crippen molar-refractivity contribution in [3.8, 4) is 0 Å². The first-order chi connectivity index (χ1) is 13.1. The molecule has 27 heavy (non-hydrogen) atoms. The van der Waals surface area contributed by atoms with E-state index >= 15 is 0 Å². The SMILES string of the molecule is COCCC(=O)N1CC[C@H](c2nc3c(c(=O)[nH]2)CCN(C(=O)C2CC2)C3)C1. The first kappa shape index (κ1) is 18.2.